The lowest BCUT2D eigenvalue weighted by molar-refractivity contribution is 1.08. The van der Waals surface area contributed by atoms with Gasteiger partial charge in [-0.3, -0.25) is 5.43 Å². The molecule has 0 aliphatic rings. The van der Waals surface area contributed by atoms with Crippen molar-refractivity contribution in [1.29, 1.82) is 0 Å². The lowest BCUT2D eigenvalue weighted by Gasteiger charge is -2.10. The van der Waals surface area contributed by atoms with Crippen LogP contribution in [0.3, 0.4) is 0 Å². The van der Waals surface area contributed by atoms with E-state index in [0.29, 0.717) is 12.5 Å². The monoisotopic (exact) mass is 286 g/mol. The molecule has 0 saturated carbocycles. The van der Waals surface area contributed by atoms with Gasteiger partial charge < -0.3 is 5.32 Å². The predicted octanol–water partition coefficient (Wildman–Crippen LogP) is 2.29. The minimum Gasteiger partial charge on any atom is -0.364 e. The summed E-state index contributed by atoms with van der Waals surface area (Å²) >= 11 is 1.63. The molecule has 3 rings (SSSR count). The normalized spacial score (nSPS) is 10.7. The number of hydrogen-bond acceptors (Lipinski definition) is 7. The molecular weight excluding hydrogens is 272 g/mol. The molecule has 0 aliphatic carbocycles. The van der Waals surface area contributed by atoms with Gasteiger partial charge in [0.1, 0.15) is 5.82 Å². The molecule has 6 nitrogen and oxygen atoms in total. The highest BCUT2D eigenvalue weighted by Crippen LogP contribution is 2.23. The first kappa shape index (κ1) is 12.8. The van der Waals surface area contributed by atoms with Crippen LogP contribution in [0.2, 0.25) is 0 Å². The molecule has 0 atom stereocenters. The third-order valence-corrected chi connectivity index (χ3v) is 3.93. The maximum Gasteiger partial charge on any atom is 0.239 e. The second-order valence-corrected chi connectivity index (χ2v) is 5.21. The van der Waals surface area contributed by atoms with E-state index >= 15 is 0 Å². The van der Waals surface area contributed by atoms with Crippen molar-refractivity contribution < 1.29 is 0 Å². The van der Waals surface area contributed by atoms with Crippen LogP contribution in [-0.2, 0) is 6.54 Å². The second-order valence-electron chi connectivity index (χ2n) is 4.27. The number of anilines is 2. The number of nitrogens with one attached hydrogen (secondary N) is 2. The van der Waals surface area contributed by atoms with Gasteiger partial charge >= 0.3 is 0 Å². The van der Waals surface area contributed by atoms with E-state index in [0.717, 1.165) is 22.4 Å². The topological polar surface area (TPSA) is 88.8 Å². The summed E-state index contributed by atoms with van der Waals surface area (Å²) in [6.07, 6.45) is 0. The van der Waals surface area contributed by atoms with E-state index in [2.05, 4.69) is 25.7 Å². The highest BCUT2D eigenvalue weighted by Gasteiger charge is 2.08. The zero-order chi connectivity index (χ0) is 13.9. The van der Waals surface area contributed by atoms with Crippen molar-refractivity contribution >= 4 is 34.0 Å². The van der Waals surface area contributed by atoms with Crippen LogP contribution in [0, 0.1) is 6.92 Å². The fourth-order valence-electron chi connectivity index (χ4n) is 1.94. The summed E-state index contributed by atoms with van der Waals surface area (Å²) in [5.74, 6) is 6.57. The fourth-order valence-corrected chi connectivity index (χ4v) is 2.65. The van der Waals surface area contributed by atoms with Crippen molar-refractivity contribution in [2.75, 3.05) is 10.7 Å². The molecule has 0 spiro atoms. The molecule has 1 aromatic carbocycles. The predicted molar refractivity (Wildman–Crippen MR) is 81.5 cm³/mol. The number of hydrogen-bond donors (Lipinski definition) is 3. The molecule has 102 valence electrons. The minimum atomic E-state index is 0.396. The quantitative estimate of drug-likeness (QED) is 0.504. The Morgan fingerprint density at radius 2 is 2.10 bits per heavy atom. The number of nitrogens with two attached hydrogens (primary N) is 1. The Kier molecular flexibility index (Phi) is 3.44. The van der Waals surface area contributed by atoms with Gasteiger partial charge in [0.15, 0.2) is 0 Å². The van der Waals surface area contributed by atoms with Gasteiger partial charge in [0.2, 0.25) is 5.95 Å². The van der Waals surface area contributed by atoms with E-state index in [9.17, 15) is 0 Å². The number of nitrogen functional groups attached to an aromatic ring is 1. The summed E-state index contributed by atoms with van der Waals surface area (Å²) in [4.78, 5) is 14.1. The molecular formula is C13H14N6S. The number of para-hydroxylation sites is 1. The summed E-state index contributed by atoms with van der Waals surface area (Å²) in [5, 5.41) is 4.30. The van der Waals surface area contributed by atoms with Crippen LogP contribution in [0.4, 0.5) is 11.8 Å². The van der Waals surface area contributed by atoms with Gasteiger partial charge in [-0.15, -0.1) is 11.3 Å². The van der Waals surface area contributed by atoms with Crippen LogP contribution >= 0.6 is 11.3 Å². The van der Waals surface area contributed by atoms with Gasteiger partial charge in [0.25, 0.3) is 0 Å². The zero-order valence-electron chi connectivity index (χ0n) is 10.9. The van der Waals surface area contributed by atoms with E-state index < -0.39 is 0 Å². The van der Waals surface area contributed by atoms with Crippen LogP contribution in [0.5, 0.6) is 0 Å². The first-order chi connectivity index (χ1) is 9.78. The van der Waals surface area contributed by atoms with Crippen LogP contribution in [0.25, 0.3) is 10.9 Å². The lowest BCUT2D eigenvalue weighted by atomic mass is 10.2. The number of hydrazine groups is 1. The molecule has 2 aromatic heterocycles. The maximum absolute atomic E-state index is 5.41. The summed E-state index contributed by atoms with van der Waals surface area (Å²) in [6.45, 7) is 2.68. The average molecular weight is 286 g/mol. The minimum absolute atomic E-state index is 0.396. The van der Waals surface area contributed by atoms with Crippen LogP contribution in [-0.4, -0.2) is 15.0 Å². The number of rotatable bonds is 4. The smallest absolute Gasteiger partial charge is 0.239 e. The van der Waals surface area contributed by atoms with Gasteiger partial charge in [-0.1, -0.05) is 12.1 Å². The summed E-state index contributed by atoms with van der Waals surface area (Å²) in [6, 6.07) is 7.82. The van der Waals surface area contributed by atoms with Crippen molar-refractivity contribution in [2.24, 2.45) is 5.84 Å². The molecule has 3 aromatic rings. The van der Waals surface area contributed by atoms with Crippen LogP contribution in [0.15, 0.2) is 29.8 Å². The fraction of sp³-hybridized carbons (Fsp3) is 0.154. The highest BCUT2D eigenvalue weighted by molar-refractivity contribution is 7.09. The van der Waals surface area contributed by atoms with E-state index in [1.807, 2.05) is 36.7 Å². The molecule has 4 N–H and O–H groups in total. The Morgan fingerprint density at radius 3 is 2.85 bits per heavy atom. The molecule has 0 fully saturated rings. The Morgan fingerprint density at radius 1 is 1.25 bits per heavy atom. The first-order valence-corrected chi connectivity index (χ1v) is 7.02. The first-order valence-electron chi connectivity index (χ1n) is 6.14. The third kappa shape index (κ3) is 2.40. The Balaban J connectivity index is 1.95. The molecule has 0 unspecified atom stereocenters. The zero-order valence-corrected chi connectivity index (χ0v) is 11.7. The van der Waals surface area contributed by atoms with Crippen molar-refractivity contribution in [3.05, 3.63) is 40.3 Å². The number of thiazole rings is 1. The number of benzene rings is 1. The highest BCUT2D eigenvalue weighted by atomic mass is 32.1. The summed E-state index contributed by atoms with van der Waals surface area (Å²) in [7, 11) is 0. The van der Waals surface area contributed by atoms with Crippen molar-refractivity contribution in [3.63, 3.8) is 0 Å². The van der Waals surface area contributed by atoms with E-state index in [-0.39, 0.29) is 0 Å². The van der Waals surface area contributed by atoms with Gasteiger partial charge in [-0.05, 0) is 19.1 Å². The van der Waals surface area contributed by atoms with E-state index in [1.54, 1.807) is 11.3 Å². The van der Waals surface area contributed by atoms with Crippen molar-refractivity contribution in [2.45, 2.75) is 13.5 Å². The standard InChI is InChI=1S/C13H14N6S/c1-8-11(20-7-16-8)6-15-12-9-4-2-3-5-10(9)17-13(18-12)19-14/h2-5,7H,6,14H2,1H3,(H2,15,17,18,19). The van der Waals surface area contributed by atoms with Gasteiger partial charge in [0.05, 0.1) is 23.3 Å². The lowest BCUT2D eigenvalue weighted by Crippen LogP contribution is -2.12. The molecule has 7 heteroatoms. The molecule has 0 amide bonds. The van der Waals surface area contributed by atoms with Crippen molar-refractivity contribution in [3.8, 4) is 0 Å². The van der Waals surface area contributed by atoms with E-state index in [1.165, 1.54) is 4.88 Å². The Hall–Kier alpha value is -2.25. The molecule has 0 aliphatic heterocycles. The Bertz CT molecular complexity index is 739. The van der Waals surface area contributed by atoms with Gasteiger partial charge in [-0.25, -0.2) is 15.8 Å². The maximum atomic E-state index is 5.41. The number of nitrogens with zero attached hydrogens (tertiary/aromatic N) is 3. The average Bonchev–Trinajstić information content (AvgIpc) is 2.89. The molecule has 0 saturated heterocycles. The molecule has 0 radical (unpaired) electrons. The second kappa shape index (κ2) is 5.40. The van der Waals surface area contributed by atoms with Gasteiger partial charge in [-0.2, -0.15) is 4.98 Å². The Labute approximate surface area is 120 Å². The van der Waals surface area contributed by atoms with Gasteiger partial charge in [0, 0.05) is 10.3 Å². The summed E-state index contributed by atoms with van der Waals surface area (Å²) in [5.41, 5.74) is 6.22. The number of aryl methyl sites for hydroxylation is 1. The molecule has 2 heterocycles. The van der Waals surface area contributed by atoms with Crippen LogP contribution < -0.4 is 16.6 Å². The van der Waals surface area contributed by atoms with E-state index in [4.69, 9.17) is 5.84 Å². The largest absolute Gasteiger partial charge is 0.364 e. The molecule has 20 heavy (non-hydrogen) atoms. The third-order valence-electron chi connectivity index (χ3n) is 2.99. The number of aromatic nitrogens is 3. The van der Waals surface area contributed by atoms with Crippen molar-refractivity contribution in [1.82, 2.24) is 15.0 Å². The summed E-state index contributed by atoms with van der Waals surface area (Å²) < 4.78 is 0. The van der Waals surface area contributed by atoms with Crippen LogP contribution in [0.1, 0.15) is 10.6 Å². The SMILES string of the molecule is Cc1ncsc1CNc1nc(NN)nc2ccccc12. The molecule has 0 bridgehead atoms. The number of fused-ring (bicyclic) bond motifs is 1.